The van der Waals surface area contributed by atoms with E-state index >= 15 is 0 Å². The number of unbranched alkanes of at least 4 members (excludes halogenated alkanes) is 4. The molecule has 0 amide bonds. The van der Waals surface area contributed by atoms with Crippen LogP contribution < -0.4 is 0 Å². The molecule has 1 unspecified atom stereocenters. The Morgan fingerprint density at radius 2 is 1.76 bits per heavy atom. The number of hydrogen-bond acceptors (Lipinski definition) is 1. The molecule has 104 valence electrons. The molecule has 0 spiro atoms. The van der Waals surface area contributed by atoms with Gasteiger partial charge in [0.1, 0.15) is 0 Å². The molecule has 1 rings (SSSR count). The second-order valence-electron chi connectivity index (χ2n) is 5.51. The Kier molecular flexibility index (Phi) is 11.5. The summed E-state index contributed by atoms with van der Waals surface area (Å²) in [6, 6.07) is 0. The van der Waals surface area contributed by atoms with Gasteiger partial charge in [-0.1, -0.05) is 46.0 Å². The van der Waals surface area contributed by atoms with E-state index < -0.39 is 0 Å². The van der Waals surface area contributed by atoms with Crippen molar-refractivity contribution < 1.29 is 0 Å². The van der Waals surface area contributed by atoms with Gasteiger partial charge in [-0.3, -0.25) is 0 Å². The van der Waals surface area contributed by atoms with Gasteiger partial charge in [0.25, 0.3) is 0 Å². The number of hydrogen-bond donors (Lipinski definition) is 0. The molecule has 1 fully saturated rings. The molecule has 1 saturated heterocycles. The van der Waals surface area contributed by atoms with E-state index in [-0.39, 0.29) is 12.4 Å². The molecule has 1 nitrogen and oxygen atoms in total. The summed E-state index contributed by atoms with van der Waals surface area (Å²) in [5.74, 6) is 1.01. The monoisotopic (exact) mass is 261 g/mol. The molecule has 2 heteroatoms. The fourth-order valence-electron chi connectivity index (χ4n) is 2.84. The Morgan fingerprint density at radius 1 is 1.00 bits per heavy atom. The molecule has 1 aliphatic rings. The number of halogens is 1. The van der Waals surface area contributed by atoms with Crippen LogP contribution in [-0.2, 0) is 0 Å². The highest BCUT2D eigenvalue weighted by Gasteiger charge is 2.18. The quantitative estimate of drug-likeness (QED) is 0.563. The highest BCUT2D eigenvalue weighted by Crippen LogP contribution is 2.21. The molecule has 0 radical (unpaired) electrons. The van der Waals surface area contributed by atoms with Crippen LogP contribution in [0, 0.1) is 5.92 Å². The van der Waals surface area contributed by atoms with Crippen molar-refractivity contribution >= 4 is 12.4 Å². The van der Waals surface area contributed by atoms with Crippen LogP contribution >= 0.6 is 12.4 Å². The first-order valence-corrected chi connectivity index (χ1v) is 7.59. The third-order valence-electron chi connectivity index (χ3n) is 3.90. The highest BCUT2D eigenvalue weighted by molar-refractivity contribution is 5.85. The van der Waals surface area contributed by atoms with Crippen molar-refractivity contribution in [2.75, 3.05) is 19.6 Å². The first kappa shape index (κ1) is 17.2. The smallest absolute Gasteiger partial charge is 0.000966 e. The Balaban J connectivity index is 0.00000256. The molecule has 0 bridgehead atoms. The Labute approximate surface area is 115 Å². The van der Waals surface area contributed by atoms with Crippen LogP contribution in [0.4, 0.5) is 0 Å². The van der Waals surface area contributed by atoms with E-state index in [1.54, 1.807) is 0 Å². The zero-order chi connectivity index (χ0) is 11.6. The van der Waals surface area contributed by atoms with Crippen LogP contribution in [0.2, 0.25) is 0 Å². The van der Waals surface area contributed by atoms with Gasteiger partial charge < -0.3 is 4.90 Å². The van der Waals surface area contributed by atoms with Crippen molar-refractivity contribution in [1.82, 2.24) is 4.90 Å². The third kappa shape index (κ3) is 8.05. The van der Waals surface area contributed by atoms with E-state index in [0.717, 1.165) is 5.92 Å². The molecule has 0 aromatic heterocycles. The molecule has 17 heavy (non-hydrogen) atoms. The summed E-state index contributed by atoms with van der Waals surface area (Å²) in [5, 5.41) is 0. The third-order valence-corrected chi connectivity index (χ3v) is 3.90. The molecule has 0 saturated carbocycles. The van der Waals surface area contributed by atoms with Gasteiger partial charge in [-0.2, -0.15) is 0 Å². The molecule has 0 aromatic rings. The standard InChI is InChI=1S/C15H31N.ClH/c1-3-5-7-8-12-16-13-9-11-15(14-16)10-6-4-2;/h15H,3-14H2,1-2H3;1H. The van der Waals surface area contributed by atoms with Crippen LogP contribution in [0.3, 0.4) is 0 Å². The van der Waals surface area contributed by atoms with Crippen molar-refractivity contribution in [2.24, 2.45) is 5.92 Å². The van der Waals surface area contributed by atoms with Crippen molar-refractivity contribution in [3.8, 4) is 0 Å². The van der Waals surface area contributed by atoms with Crippen LogP contribution in [0.15, 0.2) is 0 Å². The second-order valence-corrected chi connectivity index (χ2v) is 5.51. The van der Waals surface area contributed by atoms with Gasteiger partial charge in [0, 0.05) is 6.54 Å². The molecular formula is C15H32ClN. The van der Waals surface area contributed by atoms with Crippen molar-refractivity contribution in [3.63, 3.8) is 0 Å². The first-order valence-electron chi connectivity index (χ1n) is 7.59. The maximum atomic E-state index is 2.72. The molecule has 0 aromatic carbocycles. The minimum Gasteiger partial charge on any atom is -0.303 e. The zero-order valence-electron chi connectivity index (χ0n) is 11.9. The SMILES string of the molecule is CCCCCCN1CCCC(CCCC)C1.Cl. The molecule has 1 atom stereocenters. The Bertz CT molecular complexity index is 161. The average molecular weight is 262 g/mol. The van der Waals surface area contributed by atoms with E-state index in [2.05, 4.69) is 18.7 Å². The van der Waals surface area contributed by atoms with Crippen LogP contribution in [0.25, 0.3) is 0 Å². The van der Waals surface area contributed by atoms with E-state index in [1.165, 1.54) is 77.4 Å². The molecular weight excluding hydrogens is 230 g/mol. The lowest BCUT2D eigenvalue weighted by atomic mass is 9.93. The van der Waals surface area contributed by atoms with Crippen molar-refractivity contribution in [1.29, 1.82) is 0 Å². The van der Waals surface area contributed by atoms with E-state index in [4.69, 9.17) is 0 Å². The molecule has 1 heterocycles. The largest absolute Gasteiger partial charge is 0.303 e. The van der Waals surface area contributed by atoms with E-state index in [0.29, 0.717) is 0 Å². The topological polar surface area (TPSA) is 3.24 Å². The fraction of sp³-hybridized carbons (Fsp3) is 1.00. The lowest BCUT2D eigenvalue weighted by Crippen LogP contribution is -2.36. The average Bonchev–Trinajstić information content (AvgIpc) is 2.33. The van der Waals surface area contributed by atoms with Crippen molar-refractivity contribution in [2.45, 2.75) is 71.6 Å². The lowest BCUT2D eigenvalue weighted by Gasteiger charge is -2.32. The second kappa shape index (κ2) is 11.3. The summed E-state index contributed by atoms with van der Waals surface area (Å²) in [5.41, 5.74) is 0. The predicted molar refractivity (Wildman–Crippen MR) is 80.1 cm³/mol. The van der Waals surface area contributed by atoms with Gasteiger partial charge in [0.2, 0.25) is 0 Å². The van der Waals surface area contributed by atoms with Gasteiger partial charge in [-0.25, -0.2) is 0 Å². The normalized spacial score (nSPS) is 21.2. The Hall–Kier alpha value is 0.250. The molecule has 0 aliphatic carbocycles. The highest BCUT2D eigenvalue weighted by atomic mass is 35.5. The van der Waals surface area contributed by atoms with E-state index in [9.17, 15) is 0 Å². The summed E-state index contributed by atoms with van der Waals surface area (Å²) in [7, 11) is 0. The maximum Gasteiger partial charge on any atom is 0.000966 e. The summed E-state index contributed by atoms with van der Waals surface area (Å²) in [4.78, 5) is 2.72. The molecule has 1 aliphatic heterocycles. The number of likely N-dealkylation sites (tertiary alicyclic amines) is 1. The van der Waals surface area contributed by atoms with Gasteiger partial charge in [-0.05, 0) is 44.7 Å². The minimum atomic E-state index is 0. The summed E-state index contributed by atoms with van der Waals surface area (Å²) in [6.07, 6.45) is 12.9. The van der Waals surface area contributed by atoms with E-state index in [1.807, 2.05) is 0 Å². The van der Waals surface area contributed by atoms with Gasteiger partial charge >= 0.3 is 0 Å². The number of rotatable bonds is 8. The zero-order valence-corrected chi connectivity index (χ0v) is 12.7. The minimum absolute atomic E-state index is 0. The lowest BCUT2D eigenvalue weighted by molar-refractivity contribution is 0.164. The Morgan fingerprint density at radius 3 is 2.47 bits per heavy atom. The van der Waals surface area contributed by atoms with Crippen LogP contribution in [-0.4, -0.2) is 24.5 Å². The number of piperidine rings is 1. The maximum absolute atomic E-state index is 2.72. The summed E-state index contributed by atoms with van der Waals surface area (Å²) < 4.78 is 0. The van der Waals surface area contributed by atoms with Gasteiger partial charge in [0.15, 0.2) is 0 Å². The predicted octanol–water partition coefficient (Wildman–Crippen LogP) is 4.89. The van der Waals surface area contributed by atoms with Gasteiger partial charge in [-0.15, -0.1) is 12.4 Å². The summed E-state index contributed by atoms with van der Waals surface area (Å²) in [6.45, 7) is 8.73. The van der Waals surface area contributed by atoms with Crippen molar-refractivity contribution in [3.05, 3.63) is 0 Å². The summed E-state index contributed by atoms with van der Waals surface area (Å²) >= 11 is 0. The molecule has 0 N–H and O–H groups in total. The van der Waals surface area contributed by atoms with Crippen LogP contribution in [0.1, 0.15) is 71.6 Å². The number of nitrogens with zero attached hydrogens (tertiary/aromatic N) is 1. The van der Waals surface area contributed by atoms with Crippen LogP contribution in [0.5, 0.6) is 0 Å². The van der Waals surface area contributed by atoms with Gasteiger partial charge in [0.05, 0.1) is 0 Å². The fourth-order valence-corrected chi connectivity index (χ4v) is 2.84. The first-order chi connectivity index (χ1) is 7.86.